The molecule has 0 amide bonds. The van der Waals surface area contributed by atoms with Gasteiger partial charge in [0, 0.05) is 35.5 Å². The highest BCUT2D eigenvalue weighted by Crippen LogP contribution is 2.32. The number of hydrogen-bond acceptors (Lipinski definition) is 4. The monoisotopic (exact) mass is 390 g/mol. The van der Waals surface area contributed by atoms with E-state index in [0.717, 1.165) is 49.9 Å². The van der Waals surface area contributed by atoms with Crippen molar-refractivity contribution in [2.45, 2.75) is 57.9 Å². The minimum atomic E-state index is 0.736. The summed E-state index contributed by atoms with van der Waals surface area (Å²) in [4.78, 5) is 7.42. The Morgan fingerprint density at radius 3 is 2.76 bits per heavy atom. The van der Waals surface area contributed by atoms with E-state index in [9.17, 15) is 0 Å². The second-order valence-corrected chi connectivity index (χ2v) is 8.45. The largest absolute Gasteiger partial charge is 0.494 e. The van der Waals surface area contributed by atoms with Crippen LogP contribution in [-0.2, 0) is 12.8 Å². The number of rotatable bonds is 6. The van der Waals surface area contributed by atoms with Crippen molar-refractivity contribution >= 4 is 5.65 Å². The minimum Gasteiger partial charge on any atom is -0.494 e. The molecule has 2 aliphatic rings. The zero-order chi connectivity index (χ0) is 19.6. The molecule has 29 heavy (non-hydrogen) atoms. The molecule has 5 heteroatoms. The molecule has 0 N–H and O–H groups in total. The third kappa shape index (κ3) is 3.76. The molecule has 5 rings (SSSR count). The molecule has 5 nitrogen and oxygen atoms in total. The van der Waals surface area contributed by atoms with E-state index < -0.39 is 0 Å². The maximum Gasteiger partial charge on any atom is 0.155 e. The average molecular weight is 391 g/mol. The highest BCUT2D eigenvalue weighted by molar-refractivity contribution is 5.68. The molecule has 152 valence electrons. The number of benzene rings is 1. The van der Waals surface area contributed by atoms with Gasteiger partial charge in [-0.15, -0.1) is 0 Å². The number of fused-ring (bicyclic) bond motifs is 2. The van der Waals surface area contributed by atoms with Crippen molar-refractivity contribution in [2.24, 2.45) is 0 Å². The van der Waals surface area contributed by atoms with Crippen LogP contribution in [0.5, 0.6) is 5.75 Å². The molecule has 0 radical (unpaired) electrons. The molecule has 0 saturated carbocycles. The van der Waals surface area contributed by atoms with Crippen molar-refractivity contribution < 1.29 is 4.74 Å². The maximum absolute atomic E-state index is 6.02. The van der Waals surface area contributed by atoms with Crippen molar-refractivity contribution in [3.05, 3.63) is 47.8 Å². The van der Waals surface area contributed by atoms with E-state index >= 15 is 0 Å². The van der Waals surface area contributed by atoms with Crippen LogP contribution in [-0.4, -0.2) is 45.2 Å². The molecule has 1 aromatic carbocycles. The Kier molecular flexibility index (Phi) is 5.23. The smallest absolute Gasteiger partial charge is 0.155 e. The highest BCUT2D eigenvalue weighted by Gasteiger charge is 2.20. The van der Waals surface area contributed by atoms with E-state index in [-0.39, 0.29) is 0 Å². The van der Waals surface area contributed by atoms with Crippen LogP contribution in [0.15, 0.2) is 36.5 Å². The van der Waals surface area contributed by atoms with Crippen LogP contribution in [0, 0.1) is 0 Å². The summed E-state index contributed by atoms with van der Waals surface area (Å²) in [7, 11) is 0. The normalized spacial score (nSPS) is 19.6. The minimum absolute atomic E-state index is 0.736. The summed E-state index contributed by atoms with van der Waals surface area (Å²) in [6.45, 7) is 5.49. The maximum atomic E-state index is 6.02. The zero-order valence-corrected chi connectivity index (χ0v) is 17.3. The Hall–Kier alpha value is -2.40. The Balaban J connectivity index is 1.30. The molecule has 1 unspecified atom stereocenters. The summed E-state index contributed by atoms with van der Waals surface area (Å²) < 4.78 is 8.01. The van der Waals surface area contributed by atoms with Gasteiger partial charge in [0.2, 0.25) is 0 Å². The molecule has 3 heterocycles. The van der Waals surface area contributed by atoms with Crippen LogP contribution in [0.25, 0.3) is 16.9 Å². The van der Waals surface area contributed by atoms with E-state index in [4.69, 9.17) is 9.72 Å². The van der Waals surface area contributed by atoms with Crippen molar-refractivity contribution in [2.75, 3.05) is 19.7 Å². The molecule has 1 atom stereocenters. The lowest BCUT2D eigenvalue weighted by molar-refractivity contribution is 0.230. The van der Waals surface area contributed by atoms with Crippen LogP contribution in [0.4, 0.5) is 0 Å². The first-order valence-electron chi connectivity index (χ1n) is 11.1. The third-order valence-electron chi connectivity index (χ3n) is 6.49. The van der Waals surface area contributed by atoms with E-state index in [0.29, 0.717) is 0 Å². The Labute approximate surface area is 172 Å². The van der Waals surface area contributed by atoms with Crippen LogP contribution in [0.3, 0.4) is 0 Å². The summed E-state index contributed by atoms with van der Waals surface area (Å²) in [6, 6.07) is 11.3. The van der Waals surface area contributed by atoms with Crippen molar-refractivity contribution in [1.29, 1.82) is 0 Å². The molecule has 0 spiro atoms. The van der Waals surface area contributed by atoms with Crippen molar-refractivity contribution in [3.8, 4) is 17.0 Å². The lowest BCUT2D eigenvalue weighted by Crippen LogP contribution is -2.28. The fourth-order valence-electron chi connectivity index (χ4n) is 4.88. The van der Waals surface area contributed by atoms with E-state index in [1.807, 2.05) is 16.8 Å². The number of aryl methyl sites for hydroxylation is 1. The van der Waals surface area contributed by atoms with E-state index in [1.54, 1.807) is 0 Å². The first-order chi connectivity index (χ1) is 14.3. The quantitative estimate of drug-likeness (QED) is 0.580. The van der Waals surface area contributed by atoms with E-state index in [2.05, 4.69) is 41.2 Å². The van der Waals surface area contributed by atoms with Gasteiger partial charge in [-0.25, -0.2) is 9.50 Å². The van der Waals surface area contributed by atoms with Crippen LogP contribution >= 0.6 is 0 Å². The van der Waals surface area contributed by atoms with Gasteiger partial charge in [0.25, 0.3) is 0 Å². The summed E-state index contributed by atoms with van der Waals surface area (Å²) in [5.41, 5.74) is 5.94. The van der Waals surface area contributed by atoms with Gasteiger partial charge in [-0.3, -0.25) is 0 Å². The summed E-state index contributed by atoms with van der Waals surface area (Å²) in [6.07, 6.45) is 10.2. The first-order valence-corrected chi connectivity index (χ1v) is 11.1. The van der Waals surface area contributed by atoms with Crippen LogP contribution < -0.4 is 4.74 Å². The van der Waals surface area contributed by atoms with E-state index in [1.165, 1.54) is 54.7 Å². The molecule has 1 aliphatic carbocycles. The van der Waals surface area contributed by atoms with Gasteiger partial charge in [-0.1, -0.05) is 0 Å². The van der Waals surface area contributed by atoms with Gasteiger partial charge in [0.1, 0.15) is 5.75 Å². The van der Waals surface area contributed by atoms with Gasteiger partial charge in [0.05, 0.1) is 18.5 Å². The molecular formula is C24H30N4O. The fraction of sp³-hybridized carbons (Fsp3) is 0.500. The second kappa shape index (κ2) is 8.15. The number of likely N-dealkylation sites (tertiary alicyclic amines) is 1. The molecule has 2 aromatic heterocycles. The van der Waals surface area contributed by atoms with Gasteiger partial charge in [-0.05, 0) is 82.7 Å². The Morgan fingerprint density at radius 1 is 1.07 bits per heavy atom. The molecule has 3 aromatic rings. The summed E-state index contributed by atoms with van der Waals surface area (Å²) >= 11 is 0. The second-order valence-electron chi connectivity index (χ2n) is 8.45. The SMILES string of the molecule is CC1CCCN1CCCOc1ccc(-c2c3c(nc4ccnn24)CCCC3)cc1. The molecule has 1 fully saturated rings. The average Bonchev–Trinajstić information content (AvgIpc) is 3.38. The number of hydrogen-bond donors (Lipinski definition) is 0. The highest BCUT2D eigenvalue weighted by atomic mass is 16.5. The Morgan fingerprint density at radius 2 is 1.93 bits per heavy atom. The number of aromatic nitrogens is 3. The van der Waals surface area contributed by atoms with Gasteiger partial charge in [-0.2, -0.15) is 5.10 Å². The van der Waals surface area contributed by atoms with Gasteiger partial charge >= 0.3 is 0 Å². The number of nitrogens with zero attached hydrogens (tertiary/aromatic N) is 4. The first kappa shape index (κ1) is 18.6. The van der Waals surface area contributed by atoms with Gasteiger partial charge < -0.3 is 9.64 Å². The predicted octanol–water partition coefficient (Wildman–Crippen LogP) is 4.53. The van der Waals surface area contributed by atoms with Crippen molar-refractivity contribution in [3.63, 3.8) is 0 Å². The molecule has 0 bridgehead atoms. The third-order valence-corrected chi connectivity index (χ3v) is 6.49. The fourth-order valence-corrected chi connectivity index (χ4v) is 4.88. The standard InChI is InChI=1S/C24H30N4O/c1-18-6-4-15-27(18)16-5-17-29-20-11-9-19(10-12-20)24-21-7-2-3-8-22(21)26-23-13-14-25-28(23)24/h9-14,18H,2-8,15-17H2,1H3. The summed E-state index contributed by atoms with van der Waals surface area (Å²) in [5.74, 6) is 0.947. The lowest BCUT2D eigenvalue weighted by atomic mass is 9.92. The molecular weight excluding hydrogens is 360 g/mol. The van der Waals surface area contributed by atoms with Crippen LogP contribution in [0.1, 0.15) is 50.3 Å². The van der Waals surface area contributed by atoms with Crippen molar-refractivity contribution in [1.82, 2.24) is 19.5 Å². The zero-order valence-electron chi connectivity index (χ0n) is 17.3. The topological polar surface area (TPSA) is 42.7 Å². The number of ether oxygens (including phenoxy) is 1. The van der Waals surface area contributed by atoms with Crippen LogP contribution in [0.2, 0.25) is 0 Å². The summed E-state index contributed by atoms with van der Waals surface area (Å²) in [5, 5.41) is 4.55. The van der Waals surface area contributed by atoms with Gasteiger partial charge in [0.15, 0.2) is 5.65 Å². The Bertz CT molecular complexity index is 978. The molecule has 1 aliphatic heterocycles. The molecule has 1 saturated heterocycles. The lowest BCUT2D eigenvalue weighted by Gasteiger charge is -2.21. The predicted molar refractivity (Wildman–Crippen MR) is 115 cm³/mol.